The number of hydrogen-bond donors (Lipinski definition) is 2. The molecular formula is C12H12F2N2OS. The first-order chi connectivity index (χ1) is 8.49. The standard InChI is InChI=1S/C12H12F2N2OS/c13-7-3-4-8(9(14)5-7)12(17)16-10(11(15)18)6-1-2-6/h3-6,10H,1-2H2,(H2,15,18)(H,16,17). The summed E-state index contributed by atoms with van der Waals surface area (Å²) in [7, 11) is 0. The van der Waals surface area contributed by atoms with E-state index in [-0.39, 0.29) is 16.5 Å². The molecule has 3 nitrogen and oxygen atoms in total. The second-order valence-corrected chi connectivity index (χ2v) is 4.79. The van der Waals surface area contributed by atoms with Gasteiger partial charge in [0, 0.05) is 6.07 Å². The van der Waals surface area contributed by atoms with Crippen molar-refractivity contribution in [2.24, 2.45) is 11.7 Å². The Bertz CT molecular complexity index is 503. The zero-order valence-corrected chi connectivity index (χ0v) is 10.3. The van der Waals surface area contributed by atoms with E-state index in [0.717, 1.165) is 25.0 Å². The lowest BCUT2D eigenvalue weighted by Crippen LogP contribution is -2.45. The number of amides is 1. The van der Waals surface area contributed by atoms with Crippen LogP contribution >= 0.6 is 12.2 Å². The van der Waals surface area contributed by atoms with E-state index >= 15 is 0 Å². The number of nitrogens with one attached hydrogen (secondary N) is 1. The highest BCUT2D eigenvalue weighted by Gasteiger charge is 2.34. The summed E-state index contributed by atoms with van der Waals surface area (Å²) in [5.74, 6) is -2.02. The summed E-state index contributed by atoms with van der Waals surface area (Å²) in [6.07, 6.45) is 1.88. The molecule has 0 aliphatic heterocycles. The van der Waals surface area contributed by atoms with Gasteiger partial charge in [0.2, 0.25) is 0 Å². The van der Waals surface area contributed by atoms with Crippen LogP contribution in [0.1, 0.15) is 23.2 Å². The van der Waals surface area contributed by atoms with E-state index < -0.39 is 23.6 Å². The fraction of sp³-hybridized carbons (Fsp3) is 0.333. The van der Waals surface area contributed by atoms with Crippen molar-refractivity contribution in [3.63, 3.8) is 0 Å². The van der Waals surface area contributed by atoms with Crippen molar-refractivity contribution >= 4 is 23.1 Å². The highest BCUT2D eigenvalue weighted by molar-refractivity contribution is 7.80. The van der Waals surface area contributed by atoms with E-state index in [1.807, 2.05) is 0 Å². The molecule has 1 fully saturated rings. The third-order valence-corrected chi connectivity index (χ3v) is 3.12. The fourth-order valence-electron chi connectivity index (χ4n) is 1.74. The van der Waals surface area contributed by atoms with E-state index in [4.69, 9.17) is 18.0 Å². The molecule has 3 N–H and O–H groups in total. The maximum Gasteiger partial charge on any atom is 0.254 e. The van der Waals surface area contributed by atoms with Crippen LogP contribution in [0.4, 0.5) is 8.78 Å². The smallest absolute Gasteiger partial charge is 0.254 e. The van der Waals surface area contributed by atoms with Gasteiger partial charge >= 0.3 is 0 Å². The number of carbonyl (C=O) groups excluding carboxylic acids is 1. The van der Waals surface area contributed by atoms with Gasteiger partial charge in [-0.15, -0.1) is 0 Å². The van der Waals surface area contributed by atoms with Crippen LogP contribution in [0.5, 0.6) is 0 Å². The molecule has 1 aromatic carbocycles. The Morgan fingerprint density at radius 1 is 1.44 bits per heavy atom. The van der Waals surface area contributed by atoms with Crippen LogP contribution in [0.3, 0.4) is 0 Å². The predicted octanol–water partition coefficient (Wildman–Crippen LogP) is 1.76. The van der Waals surface area contributed by atoms with Gasteiger partial charge in [0.05, 0.1) is 16.6 Å². The van der Waals surface area contributed by atoms with Crippen LogP contribution in [-0.4, -0.2) is 16.9 Å². The molecule has 0 aromatic heterocycles. The molecule has 96 valence electrons. The third-order valence-electron chi connectivity index (χ3n) is 2.86. The molecule has 1 amide bonds. The average molecular weight is 270 g/mol. The average Bonchev–Trinajstić information content (AvgIpc) is 3.08. The normalized spacial score (nSPS) is 16.1. The van der Waals surface area contributed by atoms with Crippen LogP contribution in [0, 0.1) is 17.6 Å². The van der Waals surface area contributed by atoms with Gasteiger partial charge in [-0.05, 0) is 30.9 Å². The molecule has 1 aromatic rings. The summed E-state index contributed by atoms with van der Waals surface area (Å²) >= 11 is 4.86. The zero-order chi connectivity index (χ0) is 13.3. The number of thiocarbonyl (C=S) groups is 1. The fourth-order valence-corrected chi connectivity index (χ4v) is 1.99. The topological polar surface area (TPSA) is 55.1 Å². The zero-order valence-electron chi connectivity index (χ0n) is 9.45. The lowest BCUT2D eigenvalue weighted by Gasteiger charge is -2.16. The molecule has 0 bridgehead atoms. The van der Waals surface area contributed by atoms with Gasteiger partial charge < -0.3 is 11.1 Å². The van der Waals surface area contributed by atoms with Crippen molar-refractivity contribution in [1.29, 1.82) is 0 Å². The first kappa shape index (κ1) is 12.9. The van der Waals surface area contributed by atoms with Crippen molar-refractivity contribution in [2.45, 2.75) is 18.9 Å². The SMILES string of the molecule is NC(=S)C(NC(=O)c1ccc(F)cc1F)C1CC1. The van der Waals surface area contributed by atoms with Crippen molar-refractivity contribution in [3.8, 4) is 0 Å². The predicted molar refractivity (Wildman–Crippen MR) is 67.1 cm³/mol. The first-order valence-electron chi connectivity index (χ1n) is 5.54. The molecule has 1 aliphatic carbocycles. The number of halogens is 2. The van der Waals surface area contributed by atoms with E-state index in [1.54, 1.807) is 0 Å². The summed E-state index contributed by atoms with van der Waals surface area (Å²) < 4.78 is 26.1. The minimum atomic E-state index is -0.898. The van der Waals surface area contributed by atoms with Gasteiger partial charge in [-0.2, -0.15) is 0 Å². The van der Waals surface area contributed by atoms with Crippen LogP contribution in [0.2, 0.25) is 0 Å². The largest absolute Gasteiger partial charge is 0.392 e. The van der Waals surface area contributed by atoms with E-state index in [9.17, 15) is 13.6 Å². The Hall–Kier alpha value is -1.56. The highest BCUT2D eigenvalue weighted by Crippen LogP contribution is 2.33. The van der Waals surface area contributed by atoms with Crippen LogP contribution in [-0.2, 0) is 0 Å². The van der Waals surface area contributed by atoms with Crippen molar-refractivity contribution < 1.29 is 13.6 Å². The number of benzene rings is 1. The minimum absolute atomic E-state index is 0.188. The summed E-state index contributed by atoms with van der Waals surface area (Å²) in [6.45, 7) is 0. The number of rotatable bonds is 4. The van der Waals surface area contributed by atoms with Crippen molar-refractivity contribution in [2.75, 3.05) is 0 Å². The highest BCUT2D eigenvalue weighted by atomic mass is 32.1. The van der Waals surface area contributed by atoms with Crippen molar-refractivity contribution in [3.05, 3.63) is 35.4 Å². The van der Waals surface area contributed by atoms with Crippen molar-refractivity contribution in [1.82, 2.24) is 5.32 Å². The summed E-state index contributed by atoms with van der Waals surface area (Å²) in [5, 5.41) is 2.59. The Morgan fingerprint density at radius 2 is 2.11 bits per heavy atom. The molecule has 1 aliphatic rings. The van der Waals surface area contributed by atoms with Crippen LogP contribution in [0.15, 0.2) is 18.2 Å². The maximum absolute atomic E-state index is 13.4. The van der Waals surface area contributed by atoms with E-state index in [2.05, 4.69) is 5.32 Å². The molecule has 18 heavy (non-hydrogen) atoms. The molecule has 0 radical (unpaired) electrons. The van der Waals surface area contributed by atoms with Gasteiger partial charge in [-0.3, -0.25) is 4.79 Å². The van der Waals surface area contributed by atoms with Gasteiger partial charge in [0.25, 0.3) is 5.91 Å². The Labute approximate surface area is 108 Å². The van der Waals surface area contributed by atoms with Gasteiger partial charge in [0.1, 0.15) is 11.6 Å². The quantitative estimate of drug-likeness (QED) is 0.820. The number of hydrogen-bond acceptors (Lipinski definition) is 2. The number of carbonyl (C=O) groups is 1. The van der Waals surface area contributed by atoms with Crippen LogP contribution < -0.4 is 11.1 Å². The van der Waals surface area contributed by atoms with Gasteiger partial charge in [-0.25, -0.2) is 8.78 Å². The molecule has 1 saturated carbocycles. The molecule has 6 heteroatoms. The maximum atomic E-state index is 13.4. The minimum Gasteiger partial charge on any atom is -0.392 e. The Balaban J connectivity index is 2.13. The summed E-state index contributed by atoms with van der Waals surface area (Å²) in [6, 6.07) is 2.38. The molecule has 2 rings (SSSR count). The first-order valence-corrected chi connectivity index (χ1v) is 5.95. The molecular weight excluding hydrogens is 258 g/mol. The molecule has 1 unspecified atom stereocenters. The Morgan fingerprint density at radius 3 is 2.61 bits per heavy atom. The molecule has 0 spiro atoms. The van der Waals surface area contributed by atoms with E-state index in [0.29, 0.717) is 6.07 Å². The third kappa shape index (κ3) is 2.81. The summed E-state index contributed by atoms with van der Waals surface area (Å²) in [4.78, 5) is 12.0. The van der Waals surface area contributed by atoms with Gasteiger partial charge in [-0.1, -0.05) is 12.2 Å². The Kier molecular flexibility index (Phi) is 3.56. The lowest BCUT2D eigenvalue weighted by atomic mass is 10.1. The summed E-state index contributed by atoms with van der Waals surface area (Å²) in [5.41, 5.74) is 5.32. The lowest BCUT2D eigenvalue weighted by molar-refractivity contribution is 0.0939. The molecule has 0 saturated heterocycles. The second-order valence-electron chi connectivity index (χ2n) is 4.32. The number of nitrogens with two attached hydrogens (primary N) is 1. The second kappa shape index (κ2) is 4.97. The van der Waals surface area contributed by atoms with E-state index in [1.165, 1.54) is 0 Å². The monoisotopic (exact) mass is 270 g/mol. The van der Waals surface area contributed by atoms with Gasteiger partial charge in [0.15, 0.2) is 0 Å². The molecule has 0 heterocycles. The molecule has 1 atom stereocenters. The van der Waals surface area contributed by atoms with Crippen LogP contribution in [0.25, 0.3) is 0 Å².